The van der Waals surface area contributed by atoms with Crippen LogP contribution in [0.15, 0.2) is 53.0 Å². The predicted octanol–water partition coefficient (Wildman–Crippen LogP) is 4.51. The van der Waals surface area contributed by atoms with Crippen LogP contribution >= 0.6 is 27.3 Å². The van der Waals surface area contributed by atoms with Crippen LogP contribution in [0.3, 0.4) is 0 Å². The number of carbonyl (C=O) groups excluding carboxylic acids is 3. The van der Waals surface area contributed by atoms with Crippen molar-refractivity contribution in [3.05, 3.63) is 69.0 Å². The average molecular weight is 470 g/mol. The second kappa shape index (κ2) is 7.88. The van der Waals surface area contributed by atoms with Gasteiger partial charge in [-0.2, -0.15) is 0 Å². The summed E-state index contributed by atoms with van der Waals surface area (Å²) in [6, 6.07) is 14.5. The molecule has 3 aromatic rings. The van der Waals surface area contributed by atoms with Crippen LogP contribution in [0, 0.1) is 6.92 Å². The van der Waals surface area contributed by atoms with Gasteiger partial charge >= 0.3 is 0 Å². The number of thiazole rings is 1. The maximum atomic E-state index is 12.4. The monoisotopic (exact) mass is 469 g/mol. The highest BCUT2D eigenvalue weighted by atomic mass is 79.9. The van der Waals surface area contributed by atoms with Crippen LogP contribution in [0.1, 0.15) is 32.0 Å². The molecule has 8 heteroatoms. The number of carbonyl (C=O) groups is 3. The van der Waals surface area contributed by atoms with Gasteiger partial charge in [-0.25, -0.2) is 4.98 Å². The summed E-state index contributed by atoms with van der Waals surface area (Å²) >= 11 is 4.80. The van der Waals surface area contributed by atoms with Gasteiger partial charge in [0.05, 0.1) is 16.8 Å². The van der Waals surface area contributed by atoms with Crippen molar-refractivity contribution in [2.45, 2.75) is 13.3 Å². The third kappa shape index (κ3) is 3.86. The normalized spacial score (nSPS) is 13.0. The second-order valence-electron chi connectivity index (χ2n) is 6.54. The summed E-state index contributed by atoms with van der Waals surface area (Å²) in [6.07, 6.45) is 0.0116. The van der Waals surface area contributed by atoms with Crippen LogP contribution in [0.2, 0.25) is 0 Å². The SMILES string of the molecule is Cc1sc(NC(=O)CCN2C(=O)c3ccccc3C2=O)nc1-c1ccc(Br)cc1. The van der Waals surface area contributed by atoms with Gasteiger partial charge in [0.2, 0.25) is 5.91 Å². The quantitative estimate of drug-likeness (QED) is 0.557. The molecule has 29 heavy (non-hydrogen) atoms. The highest BCUT2D eigenvalue weighted by Gasteiger charge is 2.35. The molecule has 0 atom stereocenters. The van der Waals surface area contributed by atoms with Crippen LogP contribution in [-0.2, 0) is 4.79 Å². The van der Waals surface area contributed by atoms with Gasteiger partial charge in [0, 0.05) is 27.9 Å². The summed E-state index contributed by atoms with van der Waals surface area (Å²) in [5.74, 6) is -1.01. The summed E-state index contributed by atoms with van der Waals surface area (Å²) in [4.78, 5) is 43.7. The number of amides is 3. The highest BCUT2D eigenvalue weighted by molar-refractivity contribution is 9.10. The Morgan fingerprint density at radius 1 is 1.07 bits per heavy atom. The topological polar surface area (TPSA) is 79.4 Å². The number of rotatable bonds is 5. The first-order valence-electron chi connectivity index (χ1n) is 8.92. The average Bonchev–Trinajstić information content (AvgIpc) is 3.19. The smallest absolute Gasteiger partial charge is 0.261 e. The van der Waals surface area contributed by atoms with E-state index in [0.29, 0.717) is 16.3 Å². The molecule has 2 heterocycles. The van der Waals surface area contributed by atoms with E-state index < -0.39 is 0 Å². The summed E-state index contributed by atoms with van der Waals surface area (Å²) in [6.45, 7) is 1.98. The Kier molecular flexibility index (Phi) is 5.29. The number of hydrogen-bond donors (Lipinski definition) is 1. The Morgan fingerprint density at radius 3 is 2.31 bits per heavy atom. The minimum absolute atomic E-state index is 0.0116. The highest BCUT2D eigenvalue weighted by Crippen LogP contribution is 2.31. The molecule has 6 nitrogen and oxygen atoms in total. The zero-order chi connectivity index (χ0) is 20.5. The van der Waals surface area contributed by atoms with Crippen molar-refractivity contribution in [1.29, 1.82) is 0 Å². The van der Waals surface area contributed by atoms with E-state index >= 15 is 0 Å². The van der Waals surface area contributed by atoms with Crippen molar-refractivity contribution in [2.75, 3.05) is 11.9 Å². The largest absolute Gasteiger partial charge is 0.302 e. The maximum absolute atomic E-state index is 12.4. The number of halogens is 1. The van der Waals surface area contributed by atoms with Crippen molar-refractivity contribution in [1.82, 2.24) is 9.88 Å². The lowest BCUT2D eigenvalue weighted by atomic mass is 10.1. The molecule has 1 aromatic heterocycles. The van der Waals surface area contributed by atoms with Crippen molar-refractivity contribution < 1.29 is 14.4 Å². The van der Waals surface area contributed by atoms with Crippen LogP contribution in [0.4, 0.5) is 5.13 Å². The van der Waals surface area contributed by atoms with Crippen LogP contribution in [-0.4, -0.2) is 34.2 Å². The van der Waals surface area contributed by atoms with Crippen LogP contribution < -0.4 is 5.32 Å². The van der Waals surface area contributed by atoms with E-state index in [4.69, 9.17) is 0 Å². The first-order valence-corrected chi connectivity index (χ1v) is 10.5. The molecule has 1 aliphatic heterocycles. The number of fused-ring (bicyclic) bond motifs is 1. The standard InChI is InChI=1S/C21H16BrN3O3S/c1-12-18(13-6-8-14(22)9-7-13)24-21(29-12)23-17(26)10-11-25-19(27)15-4-2-3-5-16(15)20(25)28/h2-9H,10-11H2,1H3,(H,23,24,26). The zero-order valence-electron chi connectivity index (χ0n) is 15.4. The van der Waals surface area contributed by atoms with Gasteiger partial charge in [0.1, 0.15) is 0 Å². The number of anilines is 1. The number of hydrogen-bond acceptors (Lipinski definition) is 5. The molecule has 3 amide bonds. The molecule has 0 saturated carbocycles. The number of nitrogens with one attached hydrogen (secondary N) is 1. The van der Waals surface area contributed by atoms with Gasteiger partial charge in [-0.1, -0.05) is 40.2 Å². The van der Waals surface area contributed by atoms with E-state index in [1.54, 1.807) is 24.3 Å². The maximum Gasteiger partial charge on any atom is 0.261 e. The van der Waals surface area contributed by atoms with Crippen LogP contribution in [0.5, 0.6) is 0 Å². The predicted molar refractivity (Wildman–Crippen MR) is 115 cm³/mol. The van der Waals surface area contributed by atoms with E-state index in [1.165, 1.54) is 11.3 Å². The Morgan fingerprint density at radius 2 is 1.69 bits per heavy atom. The zero-order valence-corrected chi connectivity index (χ0v) is 17.8. The molecule has 146 valence electrons. The van der Waals surface area contributed by atoms with Gasteiger partial charge in [0.15, 0.2) is 5.13 Å². The molecular weight excluding hydrogens is 454 g/mol. The second-order valence-corrected chi connectivity index (χ2v) is 8.66. The van der Waals surface area contributed by atoms with E-state index in [0.717, 1.165) is 25.5 Å². The van der Waals surface area contributed by atoms with E-state index in [9.17, 15) is 14.4 Å². The van der Waals surface area contributed by atoms with Gasteiger partial charge in [0.25, 0.3) is 11.8 Å². The third-order valence-corrected chi connectivity index (χ3v) is 6.02. The first kappa shape index (κ1) is 19.5. The van der Waals surface area contributed by atoms with E-state index in [-0.39, 0.29) is 30.7 Å². The van der Waals surface area contributed by atoms with Crippen LogP contribution in [0.25, 0.3) is 11.3 Å². The summed E-state index contributed by atoms with van der Waals surface area (Å²) in [7, 11) is 0. The summed E-state index contributed by atoms with van der Waals surface area (Å²) in [5, 5.41) is 3.26. The minimum atomic E-state index is -0.360. The molecule has 0 bridgehead atoms. The molecule has 0 saturated heterocycles. The number of nitrogens with zero attached hydrogens (tertiary/aromatic N) is 2. The first-order chi connectivity index (χ1) is 13.9. The Labute approximate surface area is 179 Å². The Hall–Kier alpha value is -2.84. The summed E-state index contributed by atoms with van der Waals surface area (Å²) in [5.41, 5.74) is 2.55. The fourth-order valence-corrected chi connectivity index (χ4v) is 4.28. The van der Waals surface area contributed by atoms with Crippen molar-refractivity contribution in [3.8, 4) is 11.3 Å². The molecule has 0 spiro atoms. The number of benzene rings is 2. The van der Waals surface area contributed by atoms with Gasteiger partial charge < -0.3 is 5.32 Å². The Balaban J connectivity index is 1.40. The number of aromatic nitrogens is 1. The third-order valence-electron chi connectivity index (χ3n) is 4.60. The lowest BCUT2D eigenvalue weighted by molar-refractivity contribution is -0.116. The van der Waals surface area contributed by atoms with E-state index in [2.05, 4.69) is 26.2 Å². The molecule has 1 N–H and O–H groups in total. The molecule has 0 fully saturated rings. The molecule has 4 rings (SSSR count). The molecule has 0 unspecified atom stereocenters. The van der Waals surface area contributed by atoms with Crippen molar-refractivity contribution in [2.24, 2.45) is 0 Å². The van der Waals surface area contributed by atoms with Gasteiger partial charge in [-0.05, 0) is 31.2 Å². The van der Waals surface area contributed by atoms with Gasteiger partial charge in [-0.15, -0.1) is 11.3 Å². The molecule has 2 aromatic carbocycles. The molecular formula is C21H16BrN3O3S. The summed E-state index contributed by atoms with van der Waals surface area (Å²) < 4.78 is 0.982. The fourth-order valence-electron chi connectivity index (χ4n) is 3.16. The lowest BCUT2D eigenvalue weighted by Crippen LogP contribution is -2.32. The van der Waals surface area contributed by atoms with Crippen molar-refractivity contribution >= 4 is 50.1 Å². The van der Waals surface area contributed by atoms with Crippen molar-refractivity contribution in [3.63, 3.8) is 0 Å². The molecule has 1 aliphatic rings. The van der Waals surface area contributed by atoms with Gasteiger partial charge in [-0.3, -0.25) is 19.3 Å². The molecule has 0 aliphatic carbocycles. The Bertz CT molecular complexity index is 1090. The number of aryl methyl sites for hydroxylation is 1. The minimum Gasteiger partial charge on any atom is -0.302 e. The fraction of sp³-hybridized carbons (Fsp3) is 0.143. The lowest BCUT2D eigenvalue weighted by Gasteiger charge is -2.12. The van der Waals surface area contributed by atoms with E-state index in [1.807, 2.05) is 31.2 Å². The number of imide groups is 1. The molecule has 0 radical (unpaired) electrons.